The van der Waals surface area contributed by atoms with Gasteiger partial charge in [-0.05, 0) is 67.9 Å². The van der Waals surface area contributed by atoms with Gasteiger partial charge in [0.1, 0.15) is 5.75 Å². The molecule has 1 unspecified atom stereocenters. The predicted molar refractivity (Wildman–Crippen MR) is 110 cm³/mol. The van der Waals surface area contributed by atoms with Gasteiger partial charge in [0.2, 0.25) is 0 Å². The fraction of sp³-hybridized carbons (Fsp3) is 0.542. The summed E-state index contributed by atoms with van der Waals surface area (Å²) in [6, 6.07) is 5.94. The predicted octanol–water partition coefficient (Wildman–Crippen LogP) is 5.68. The molecule has 0 saturated heterocycles. The topological polar surface area (TPSA) is 57.5 Å². The molecule has 2 rings (SSSR count). The summed E-state index contributed by atoms with van der Waals surface area (Å²) in [7, 11) is 0. The van der Waals surface area contributed by atoms with Crippen molar-refractivity contribution in [2.45, 2.75) is 71.1 Å². The van der Waals surface area contributed by atoms with Gasteiger partial charge in [0.15, 0.2) is 0 Å². The average Bonchev–Trinajstić information content (AvgIpc) is 3.09. The quantitative estimate of drug-likeness (QED) is 0.435. The summed E-state index contributed by atoms with van der Waals surface area (Å²) < 4.78 is 0. The van der Waals surface area contributed by atoms with Gasteiger partial charge in [0.25, 0.3) is 0 Å². The van der Waals surface area contributed by atoms with E-state index >= 15 is 0 Å². The smallest absolute Gasteiger partial charge is 0.303 e. The number of phenols is 1. The number of aromatic hydroxyl groups is 1. The van der Waals surface area contributed by atoms with Crippen molar-refractivity contribution in [3.05, 3.63) is 41.5 Å². The molecule has 146 valence electrons. The van der Waals surface area contributed by atoms with Crippen LogP contribution in [-0.4, -0.2) is 16.2 Å². The summed E-state index contributed by atoms with van der Waals surface area (Å²) in [5.74, 6) is 7.08. The maximum Gasteiger partial charge on any atom is 0.303 e. The number of rotatable bonds is 9. The molecule has 3 heteroatoms. The van der Waals surface area contributed by atoms with E-state index in [1.807, 2.05) is 25.1 Å². The first kappa shape index (κ1) is 21.1. The van der Waals surface area contributed by atoms with Gasteiger partial charge in [-0.25, -0.2) is 0 Å². The van der Waals surface area contributed by atoms with Gasteiger partial charge < -0.3 is 10.2 Å². The van der Waals surface area contributed by atoms with Gasteiger partial charge in [0.05, 0.1) is 0 Å². The number of aliphatic carboxylic acids is 1. The molecule has 1 aliphatic carbocycles. The molecule has 0 aliphatic heterocycles. The monoisotopic (exact) mass is 368 g/mol. The van der Waals surface area contributed by atoms with Gasteiger partial charge in [0, 0.05) is 12.8 Å². The molecule has 27 heavy (non-hydrogen) atoms. The molecule has 0 spiro atoms. The van der Waals surface area contributed by atoms with E-state index in [1.165, 1.54) is 6.42 Å². The van der Waals surface area contributed by atoms with Crippen LogP contribution >= 0.6 is 0 Å². The molecule has 1 aliphatic rings. The van der Waals surface area contributed by atoms with Crippen molar-refractivity contribution in [3.8, 4) is 17.6 Å². The molecule has 3 nitrogen and oxygen atoms in total. The van der Waals surface area contributed by atoms with Crippen LogP contribution in [0.1, 0.15) is 75.8 Å². The number of carbonyl (C=O) groups is 1. The van der Waals surface area contributed by atoms with Crippen LogP contribution in [0.15, 0.2) is 30.4 Å². The van der Waals surface area contributed by atoms with Crippen LogP contribution in [0.4, 0.5) is 0 Å². The maximum atomic E-state index is 10.8. The second kappa shape index (κ2) is 10.8. The molecular formula is C24H32O3. The van der Waals surface area contributed by atoms with E-state index in [0.717, 1.165) is 36.8 Å². The first-order chi connectivity index (χ1) is 13.0. The summed E-state index contributed by atoms with van der Waals surface area (Å²) in [6.45, 7) is 4.11. The second-order valence-electron chi connectivity index (χ2n) is 7.70. The van der Waals surface area contributed by atoms with E-state index in [4.69, 9.17) is 5.11 Å². The third-order valence-corrected chi connectivity index (χ3v) is 5.51. The third kappa shape index (κ3) is 6.47. The lowest BCUT2D eigenvalue weighted by molar-refractivity contribution is -0.137. The Hall–Kier alpha value is -2.21. The molecule has 1 aromatic carbocycles. The first-order valence-corrected chi connectivity index (χ1v) is 10.1. The van der Waals surface area contributed by atoms with Gasteiger partial charge >= 0.3 is 5.97 Å². The maximum absolute atomic E-state index is 10.8. The number of para-hydroxylation sites is 1. The zero-order valence-electron chi connectivity index (χ0n) is 16.6. The van der Waals surface area contributed by atoms with E-state index in [2.05, 4.69) is 30.9 Å². The number of carboxylic acids is 1. The average molecular weight is 369 g/mol. The van der Waals surface area contributed by atoms with Crippen molar-refractivity contribution in [1.82, 2.24) is 0 Å². The summed E-state index contributed by atoms with van der Waals surface area (Å²) >= 11 is 0. The lowest BCUT2D eigenvalue weighted by Gasteiger charge is -2.20. The van der Waals surface area contributed by atoms with Crippen molar-refractivity contribution in [3.63, 3.8) is 0 Å². The largest absolute Gasteiger partial charge is 0.507 e. The van der Waals surface area contributed by atoms with Crippen molar-refractivity contribution >= 4 is 5.97 Å². The molecule has 0 heterocycles. The molecule has 1 fully saturated rings. The Morgan fingerprint density at radius 2 is 2.19 bits per heavy atom. The lowest BCUT2D eigenvalue weighted by atomic mass is 9.86. The van der Waals surface area contributed by atoms with Crippen molar-refractivity contribution < 1.29 is 15.0 Å². The minimum absolute atomic E-state index is 0.138. The van der Waals surface area contributed by atoms with E-state index in [9.17, 15) is 9.90 Å². The standard InChI is InChI=1S/C24H32O3/c1-3-4-9-18(2)10-5-11-19-12-6-15-21(19)22-16-7-13-20(24(22)27)14-8-17-23(25)26/h5,7,11,13,16,18-19,21,27H,6,8-10,12,14-15,17H2,1-2H3,(H,25,26)/b11-5+/t18?,19-,21-/m0/s1. The number of phenolic OH excluding ortho intramolecular Hbond substituents is 1. The van der Waals surface area contributed by atoms with Crippen LogP contribution in [0.3, 0.4) is 0 Å². The molecule has 0 radical (unpaired) electrons. The fourth-order valence-corrected chi connectivity index (χ4v) is 3.99. The van der Waals surface area contributed by atoms with Crippen LogP contribution in [-0.2, 0) is 11.2 Å². The van der Waals surface area contributed by atoms with Gasteiger partial charge in [-0.1, -0.05) is 43.7 Å². The molecule has 1 aromatic rings. The minimum Gasteiger partial charge on any atom is -0.507 e. The highest BCUT2D eigenvalue weighted by Gasteiger charge is 2.29. The first-order valence-electron chi connectivity index (χ1n) is 10.1. The molecule has 2 N–H and O–H groups in total. The Bertz CT molecular complexity index is 708. The highest BCUT2D eigenvalue weighted by atomic mass is 16.4. The van der Waals surface area contributed by atoms with Gasteiger partial charge in [-0.3, -0.25) is 4.79 Å². The van der Waals surface area contributed by atoms with Crippen LogP contribution in [0.2, 0.25) is 0 Å². The Balaban J connectivity index is 2.02. The highest BCUT2D eigenvalue weighted by molar-refractivity contribution is 5.66. The van der Waals surface area contributed by atoms with Crippen LogP contribution in [0.25, 0.3) is 0 Å². The second-order valence-corrected chi connectivity index (χ2v) is 7.70. The fourth-order valence-electron chi connectivity index (χ4n) is 3.99. The van der Waals surface area contributed by atoms with E-state index in [1.54, 1.807) is 0 Å². The van der Waals surface area contributed by atoms with E-state index in [0.29, 0.717) is 36.3 Å². The Labute approximate surface area is 163 Å². The number of allylic oxidation sites excluding steroid dienone is 2. The summed E-state index contributed by atoms with van der Waals surface area (Å²) in [4.78, 5) is 10.7. The zero-order chi connectivity index (χ0) is 19.6. The highest BCUT2D eigenvalue weighted by Crippen LogP contribution is 2.44. The summed E-state index contributed by atoms with van der Waals surface area (Å²) in [6.07, 6.45) is 11.3. The van der Waals surface area contributed by atoms with E-state index in [-0.39, 0.29) is 6.42 Å². The Morgan fingerprint density at radius 3 is 2.93 bits per heavy atom. The SMILES string of the molecule is CC#CCC(C)C/C=C/[C@H]1CCC[C@@H]1c1cccc(CCCC(=O)O)c1O. The molecular weight excluding hydrogens is 336 g/mol. The number of hydrogen-bond donors (Lipinski definition) is 2. The zero-order valence-corrected chi connectivity index (χ0v) is 16.6. The third-order valence-electron chi connectivity index (χ3n) is 5.51. The molecule has 0 aromatic heterocycles. The van der Waals surface area contributed by atoms with Crippen LogP contribution in [0.5, 0.6) is 5.75 Å². The van der Waals surface area contributed by atoms with Gasteiger partial charge in [-0.2, -0.15) is 0 Å². The summed E-state index contributed by atoms with van der Waals surface area (Å²) in [5, 5.41) is 19.6. The lowest BCUT2D eigenvalue weighted by Crippen LogP contribution is -2.05. The normalized spacial score (nSPS) is 20.4. The number of carboxylic acid groups (broad SMARTS) is 1. The number of benzene rings is 1. The number of aryl methyl sites for hydroxylation is 1. The molecule has 3 atom stereocenters. The number of hydrogen-bond acceptors (Lipinski definition) is 2. The minimum atomic E-state index is -0.786. The molecule has 1 saturated carbocycles. The Morgan fingerprint density at radius 1 is 1.37 bits per heavy atom. The van der Waals surface area contributed by atoms with Gasteiger partial charge in [-0.15, -0.1) is 11.8 Å². The van der Waals surface area contributed by atoms with Crippen molar-refractivity contribution in [2.75, 3.05) is 0 Å². The van der Waals surface area contributed by atoms with Crippen LogP contribution in [0, 0.1) is 23.7 Å². The van der Waals surface area contributed by atoms with Crippen molar-refractivity contribution in [2.24, 2.45) is 11.8 Å². The molecule has 0 amide bonds. The Kier molecular flexibility index (Phi) is 8.45. The van der Waals surface area contributed by atoms with E-state index < -0.39 is 5.97 Å². The summed E-state index contributed by atoms with van der Waals surface area (Å²) in [5.41, 5.74) is 1.90. The van der Waals surface area contributed by atoms with Crippen LogP contribution < -0.4 is 0 Å². The molecule has 0 bridgehead atoms. The van der Waals surface area contributed by atoms with Crippen molar-refractivity contribution in [1.29, 1.82) is 0 Å².